The Morgan fingerprint density at radius 2 is 1.65 bits per heavy atom. The number of aromatic nitrogens is 2. The lowest BCUT2D eigenvalue weighted by molar-refractivity contribution is 0.547. The number of hydrogen-bond acceptors (Lipinski definition) is 4. The summed E-state index contributed by atoms with van der Waals surface area (Å²) in [7, 11) is 0. The van der Waals surface area contributed by atoms with Crippen molar-refractivity contribution in [3.63, 3.8) is 0 Å². The summed E-state index contributed by atoms with van der Waals surface area (Å²) in [5.74, 6) is 3.32. The summed E-state index contributed by atoms with van der Waals surface area (Å²) in [6.45, 7) is 16.2. The molecule has 0 aliphatic carbocycles. The van der Waals surface area contributed by atoms with Crippen molar-refractivity contribution in [2.24, 2.45) is 11.8 Å². The average Bonchev–Trinajstić information content (AvgIpc) is 2.37. The topological polar surface area (TPSA) is 41.1 Å². The summed E-state index contributed by atoms with van der Waals surface area (Å²) < 4.78 is 0. The number of nitrogens with one attached hydrogen (secondary N) is 1. The van der Waals surface area contributed by atoms with Crippen molar-refractivity contribution in [1.82, 2.24) is 9.97 Å². The molecule has 20 heavy (non-hydrogen) atoms. The third-order valence-corrected chi connectivity index (χ3v) is 3.09. The lowest BCUT2D eigenvalue weighted by Gasteiger charge is -2.29. The van der Waals surface area contributed by atoms with Crippen LogP contribution in [0.15, 0.2) is 6.33 Å². The third-order valence-electron chi connectivity index (χ3n) is 3.09. The molecule has 0 amide bonds. The molecule has 0 spiro atoms. The molecule has 0 aliphatic rings. The van der Waals surface area contributed by atoms with E-state index in [1.807, 2.05) is 0 Å². The van der Waals surface area contributed by atoms with Gasteiger partial charge in [0, 0.05) is 25.2 Å². The quantitative estimate of drug-likeness (QED) is 0.789. The Balaban J connectivity index is 3.13. The van der Waals surface area contributed by atoms with E-state index < -0.39 is 0 Å². The van der Waals surface area contributed by atoms with Crippen LogP contribution in [0.25, 0.3) is 0 Å². The molecule has 4 heteroatoms. The Hall–Kier alpha value is -1.32. The second-order valence-corrected chi connectivity index (χ2v) is 6.10. The Morgan fingerprint density at radius 3 is 2.10 bits per heavy atom. The van der Waals surface area contributed by atoms with Crippen LogP contribution < -0.4 is 10.2 Å². The van der Waals surface area contributed by atoms with Gasteiger partial charge in [-0.1, -0.05) is 34.6 Å². The first-order chi connectivity index (χ1) is 9.49. The van der Waals surface area contributed by atoms with Gasteiger partial charge in [-0.3, -0.25) is 0 Å². The number of rotatable bonds is 8. The maximum atomic E-state index is 4.57. The van der Waals surface area contributed by atoms with Crippen LogP contribution >= 0.6 is 0 Å². The van der Waals surface area contributed by atoms with E-state index in [0.717, 1.165) is 37.7 Å². The van der Waals surface area contributed by atoms with Crippen molar-refractivity contribution in [2.45, 2.75) is 48.0 Å². The van der Waals surface area contributed by atoms with Gasteiger partial charge in [-0.15, -0.1) is 0 Å². The number of hydrogen-bond donors (Lipinski definition) is 1. The molecule has 0 fully saturated rings. The van der Waals surface area contributed by atoms with Crippen molar-refractivity contribution < 1.29 is 0 Å². The highest BCUT2D eigenvalue weighted by atomic mass is 15.2. The lowest BCUT2D eigenvalue weighted by Crippen LogP contribution is -2.33. The predicted molar refractivity (Wildman–Crippen MR) is 87.5 cm³/mol. The predicted octanol–water partition coefficient (Wildman–Crippen LogP) is 3.59. The standard InChI is InChI=1S/C16H30N4/c1-7-14-15(17-8-2)18-11-19-16(14)20(9-12(3)4)10-13(5)6/h11-13H,7-10H2,1-6H3,(H,17,18,19). The van der Waals surface area contributed by atoms with E-state index in [1.165, 1.54) is 5.56 Å². The van der Waals surface area contributed by atoms with Gasteiger partial charge in [0.25, 0.3) is 0 Å². The van der Waals surface area contributed by atoms with Gasteiger partial charge < -0.3 is 10.2 Å². The Morgan fingerprint density at radius 1 is 1.05 bits per heavy atom. The van der Waals surface area contributed by atoms with Gasteiger partial charge in [-0.2, -0.15) is 0 Å². The summed E-state index contributed by atoms with van der Waals surface area (Å²) in [6.07, 6.45) is 2.63. The van der Waals surface area contributed by atoms with Crippen molar-refractivity contribution in [3.8, 4) is 0 Å². The highest BCUT2D eigenvalue weighted by Gasteiger charge is 2.17. The van der Waals surface area contributed by atoms with Gasteiger partial charge in [0.15, 0.2) is 0 Å². The zero-order chi connectivity index (χ0) is 15.1. The SMILES string of the molecule is CCNc1ncnc(N(CC(C)C)CC(C)C)c1CC. The van der Waals surface area contributed by atoms with Gasteiger partial charge >= 0.3 is 0 Å². The molecular weight excluding hydrogens is 248 g/mol. The van der Waals surface area contributed by atoms with E-state index in [9.17, 15) is 0 Å². The molecule has 0 bridgehead atoms. The number of anilines is 2. The zero-order valence-electron chi connectivity index (χ0n) is 13.9. The smallest absolute Gasteiger partial charge is 0.137 e. The average molecular weight is 278 g/mol. The molecule has 4 nitrogen and oxygen atoms in total. The molecule has 1 heterocycles. The first-order valence-electron chi connectivity index (χ1n) is 7.82. The molecule has 0 radical (unpaired) electrons. The van der Waals surface area contributed by atoms with Crippen molar-refractivity contribution in [1.29, 1.82) is 0 Å². The molecule has 0 saturated carbocycles. The third kappa shape index (κ3) is 4.66. The summed E-state index contributed by atoms with van der Waals surface area (Å²) in [5, 5.41) is 3.35. The van der Waals surface area contributed by atoms with E-state index in [1.54, 1.807) is 6.33 Å². The summed E-state index contributed by atoms with van der Waals surface area (Å²) in [6, 6.07) is 0. The van der Waals surface area contributed by atoms with Crippen molar-refractivity contribution in [2.75, 3.05) is 29.9 Å². The van der Waals surface area contributed by atoms with Crippen LogP contribution in [0.4, 0.5) is 11.6 Å². The van der Waals surface area contributed by atoms with Crippen LogP contribution in [-0.4, -0.2) is 29.6 Å². The van der Waals surface area contributed by atoms with Crippen LogP contribution in [0.2, 0.25) is 0 Å². The minimum atomic E-state index is 0.621. The maximum absolute atomic E-state index is 4.57. The molecule has 1 aromatic rings. The summed E-state index contributed by atoms with van der Waals surface area (Å²) in [5.41, 5.74) is 1.23. The molecule has 1 rings (SSSR count). The van der Waals surface area contributed by atoms with Gasteiger partial charge in [0.05, 0.1) is 0 Å². The lowest BCUT2D eigenvalue weighted by atomic mass is 10.1. The molecule has 0 aromatic carbocycles. The second kappa shape index (κ2) is 8.08. The second-order valence-electron chi connectivity index (χ2n) is 6.10. The van der Waals surface area contributed by atoms with E-state index >= 15 is 0 Å². The molecule has 0 unspecified atom stereocenters. The largest absolute Gasteiger partial charge is 0.370 e. The summed E-state index contributed by atoms with van der Waals surface area (Å²) in [4.78, 5) is 11.4. The van der Waals surface area contributed by atoms with Gasteiger partial charge in [0.1, 0.15) is 18.0 Å². The van der Waals surface area contributed by atoms with Crippen LogP contribution in [0.3, 0.4) is 0 Å². The fourth-order valence-corrected chi connectivity index (χ4v) is 2.45. The zero-order valence-corrected chi connectivity index (χ0v) is 13.9. The van der Waals surface area contributed by atoms with E-state index in [0.29, 0.717) is 11.8 Å². The Kier molecular flexibility index (Phi) is 6.76. The highest BCUT2D eigenvalue weighted by Crippen LogP contribution is 2.25. The maximum Gasteiger partial charge on any atom is 0.137 e. The van der Waals surface area contributed by atoms with Gasteiger partial charge in [-0.25, -0.2) is 9.97 Å². The fourth-order valence-electron chi connectivity index (χ4n) is 2.45. The monoisotopic (exact) mass is 278 g/mol. The minimum Gasteiger partial charge on any atom is -0.370 e. The first kappa shape index (κ1) is 16.7. The number of nitrogens with zero attached hydrogens (tertiary/aromatic N) is 3. The van der Waals surface area contributed by atoms with E-state index in [-0.39, 0.29) is 0 Å². The van der Waals surface area contributed by atoms with Gasteiger partial charge in [0.2, 0.25) is 0 Å². The van der Waals surface area contributed by atoms with Crippen LogP contribution in [0, 0.1) is 11.8 Å². The van der Waals surface area contributed by atoms with Crippen molar-refractivity contribution >= 4 is 11.6 Å². The molecule has 0 aliphatic heterocycles. The van der Waals surface area contributed by atoms with Crippen molar-refractivity contribution in [3.05, 3.63) is 11.9 Å². The molecule has 114 valence electrons. The van der Waals surface area contributed by atoms with Crippen LogP contribution in [0.1, 0.15) is 47.1 Å². The van der Waals surface area contributed by atoms with Crippen LogP contribution in [-0.2, 0) is 6.42 Å². The van der Waals surface area contributed by atoms with Crippen LogP contribution in [0.5, 0.6) is 0 Å². The van der Waals surface area contributed by atoms with Gasteiger partial charge in [-0.05, 0) is 25.2 Å². The van der Waals surface area contributed by atoms with E-state index in [4.69, 9.17) is 0 Å². The Labute approximate surface area is 124 Å². The van der Waals surface area contributed by atoms with E-state index in [2.05, 4.69) is 61.7 Å². The first-order valence-corrected chi connectivity index (χ1v) is 7.82. The summed E-state index contributed by atoms with van der Waals surface area (Å²) >= 11 is 0. The Bertz CT molecular complexity index is 391. The normalized spacial score (nSPS) is 11.2. The fraction of sp³-hybridized carbons (Fsp3) is 0.750. The molecule has 1 aromatic heterocycles. The molecular formula is C16H30N4. The minimum absolute atomic E-state index is 0.621. The highest BCUT2D eigenvalue weighted by molar-refractivity contribution is 5.58. The molecule has 0 saturated heterocycles. The molecule has 1 N–H and O–H groups in total. The molecule has 0 atom stereocenters.